The Hall–Kier alpha value is -1.24. The number of hydrogen-bond donors (Lipinski definition) is 2. The van der Waals surface area contributed by atoms with Crippen LogP contribution in [-0.4, -0.2) is 12.5 Å². The Bertz CT molecular complexity index is 114. The average Bonchev–Trinajstić information content (AvgIpc) is 2.27. The Morgan fingerprint density at radius 1 is 1.46 bits per heavy atom. The minimum Gasteiger partial charge on any atom is -0.255 e. The van der Waals surface area contributed by atoms with Crippen LogP contribution in [0.1, 0.15) is 0 Å². The number of hydrogen-bond acceptors (Lipinski definition) is 4. The number of azide groups is 1. The second kappa shape index (κ2) is 331. The lowest BCUT2D eigenvalue weighted by Crippen LogP contribution is -1.03. The lowest BCUT2D eigenvalue weighted by Gasteiger charge is -1.29. The van der Waals surface area contributed by atoms with Crippen LogP contribution in [0.2, 0.25) is 0 Å². The lowest BCUT2D eigenvalue weighted by molar-refractivity contribution is -0.0441. The zero-order chi connectivity index (χ0) is 12.1. The van der Waals surface area contributed by atoms with Gasteiger partial charge in [-0.2, -0.15) is 9.15 Å². The number of nitrogens with zero attached hydrogens (tertiary/aromatic N) is 4. The molecule has 0 heterocycles. The van der Waals surface area contributed by atoms with E-state index in [0.29, 0.717) is 7.18 Å². The molecular formula is C2H5F5N4OS. The highest BCUT2D eigenvalue weighted by molar-refractivity contribution is 7.74. The van der Waals surface area contributed by atoms with Gasteiger partial charge in [-0.3, -0.25) is 4.39 Å². The van der Waals surface area contributed by atoms with Crippen LogP contribution in [-0.2, 0) is 0 Å². The topological polar surface area (TPSA) is 92.8 Å². The van der Waals surface area contributed by atoms with Gasteiger partial charge in [-0.1, -0.05) is 4.53 Å². The molecule has 0 unspecified atom stereocenters. The molecule has 0 saturated heterocycles. The molecule has 13 heavy (non-hydrogen) atoms. The third kappa shape index (κ3) is 14300. The molecule has 80 valence electrons. The van der Waals surface area contributed by atoms with Crippen molar-refractivity contribution in [1.82, 2.24) is 0 Å². The van der Waals surface area contributed by atoms with Crippen molar-refractivity contribution in [3.63, 3.8) is 0 Å². The van der Waals surface area contributed by atoms with E-state index in [1.54, 1.807) is 4.91 Å². The van der Waals surface area contributed by atoms with Crippen LogP contribution in [0.25, 0.3) is 10.4 Å². The maximum Gasteiger partial charge on any atom is 0.273 e. The van der Waals surface area contributed by atoms with Gasteiger partial charge in [0.1, 0.15) is 5.34 Å². The second-order valence-electron chi connectivity index (χ2n) is 0.250. The Morgan fingerprint density at radius 2 is 1.54 bits per heavy atom. The standard InChI is InChI=1S/CFN.CH3F.FN3.FHO.FHS/c2-1-3;1-2;1-3-4-2;2*1-2/h;1H3;;2*2H. The summed E-state index contributed by atoms with van der Waals surface area (Å²) >= 11 is 2.03. The predicted molar refractivity (Wildman–Crippen MR) is 37.4 cm³/mol. The summed E-state index contributed by atoms with van der Waals surface area (Å²) in [7, 11) is 0.500. The number of alkyl halides is 1. The summed E-state index contributed by atoms with van der Waals surface area (Å²) in [5.41, 5.74) is 6.96. The summed E-state index contributed by atoms with van der Waals surface area (Å²) in [6.45, 7) is 0. The van der Waals surface area contributed by atoms with Gasteiger partial charge in [-0.05, 0) is 5.53 Å². The van der Waals surface area contributed by atoms with E-state index in [1.165, 1.54) is 5.34 Å². The van der Waals surface area contributed by atoms with Crippen molar-refractivity contribution in [2.45, 2.75) is 0 Å². The van der Waals surface area contributed by atoms with E-state index in [2.05, 4.69) is 0 Å². The van der Waals surface area contributed by atoms with Crippen LogP contribution in [0.15, 0.2) is 5.34 Å². The summed E-state index contributed by atoms with van der Waals surface area (Å²) < 4.78 is 46.7. The van der Waals surface area contributed by atoms with Gasteiger partial charge in [0.2, 0.25) is 0 Å². The molecule has 0 aromatic carbocycles. The highest BCUT2D eigenvalue weighted by atomic mass is 32.1. The normalized spacial score (nSPS) is 3.31. The Morgan fingerprint density at radius 3 is 1.54 bits per heavy atom. The van der Waals surface area contributed by atoms with Crippen LogP contribution in [0.3, 0.4) is 0 Å². The van der Waals surface area contributed by atoms with Crippen LogP contribution >= 0.6 is 13.0 Å². The first-order valence-corrected chi connectivity index (χ1v) is 2.04. The molecule has 5 nitrogen and oxygen atoms in total. The zero-order valence-electron chi connectivity index (χ0n) is 6.07. The van der Waals surface area contributed by atoms with Crippen molar-refractivity contribution in [3.05, 3.63) is 10.4 Å². The van der Waals surface area contributed by atoms with Crippen LogP contribution in [0.5, 0.6) is 0 Å². The molecule has 11 heteroatoms. The smallest absolute Gasteiger partial charge is 0.255 e. The first kappa shape index (κ1) is 29.8. The number of halogens is 5. The monoisotopic (exact) mass is 228 g/mol. The summed E-state index contributed by atoms with van der Waals surface area (Å²) in [5.74, 6) is 0. The van der Waals surface area contributed by atoms with Crippen molar-refractivity contribution in [1.29, 1.82) is 5.26 Å². The van der Waals surface area contributed by atoms with Crippen molar-refractivity contribution in [3.8, 4) is 6.32 Å². The fourth-order valence-corrected chi connectivity index (χ4v) is 0. The van der Waals surface area contributed by atoms with Crippen molar-refractivity contribution in [2.24, 2.45) is 5.34 Å². The van der Waals surface area contributed by atoms with E-state index >= 15 is 0 Å². The molecule has 0 aromatic rings. The van der Waals surface area contributed by atoms with E-state index < -0.39 is 0 Å². The summed E-state index contributed by atoms with van der Waals surface area (Å²) in [4.78, 5) is 1.69. The van der Waals surface area contributed by atoms with E-state index in [0.717, 1.165) is 0 Å². The van der Waals surface area contributed by atoms with Gasteiger partial charge in [-0.25, -0.2) is 5.31 Å². The van der Waals surface area contributed by atoms with E-state index in [9.17, 15) is 17.1 Å². The molecule has 0 aliphatic heterocycles. The Balaban J connectivity index is -0.0000000215. The minimum absolute atomic E-state index is 0.250. The summed E-state index contributed by atoms with van der Waals surface area (Å²) in [5, 5.41) is 13.6. The molecule has 0 spiro atoms. The molecule has 0 rings (SSSR count). The molecule has 0 aliphatic carbocycles. The minimum atomic E-state index is 0.250. The second-order valence-corrected chi connectivity index (χ2v) is 0.250. The van der Waals surface area contributed by atoms with Gasteiger partial charge >= 0.3 is 0 Å². The van der Waals surface area contributed by atoms with E-state index in [4.69, 9.17) is 20.6 Å². The van der Waals surface area contributed by atoms with Crippen LogP contribution in [0, 0.1) is 11.6 Å². The van der Waals surface area contributed by atoms with Crippen LogP contribution in [0.4, 0.5) is 21.7 Å². The Labute approximate surface area is 75.6 Å². The van der Waals surface area contributed by atoms with Gasteiger partial charge in [-0.15, -0.1) is 8.87 Å². The summed E-state index contributed by atoms with van der Waals surface area (Å²) in [6, 6.07) is 0. The summed E-state index contributed by atoms with van der Waals surface area (Å²) in [6.07, 6.45) is 0.250. The molecular weight excluding hydrogens is 223 g/mol. The lowest BCUT2D eigenvalue weighted by atomic mass is 11.7. The van der Waals surface area contributed by atoms with Gasteiger partial charge in [0, 0.05) is 17.9 Å². The third-order valence-corrected chi connectivity index (χ3v) is 0.0338. The van der Waals surface area contributed by atoms with E-state index in [-0.39, 0.29) is 6.32 Å². The third-order valence-electron chi connectivity index (χ3n) is 0.0338. The molecule has 0 amide bonds. The highest BCUT2D eigenvalue weighted by Gasteiger charge is 1.33. The predicted octanol–water partition coefficient (Wildman–Crippen LogP) is 2.87. The maximum absolute atomic E-state index is 9.93. The molecule has 0 saturated carbocycles. The SMILES string of the molecule is CF.FS.N#CF.OF.[N-]=[N+]=NF. The largest absolute Gasteiger partial charge is 0.273 e. The van der Waals surface area contributed by atoms with Gasteiger partial charge < -0.3 is 0 Å². The molecule has 0 aliphatic rings. The van der Waals surface area contributed by atoms with Gasteiger partial charge in [0.15, 0.2) is 0 Å². The van der Waals surface area contributed by atoms with E-state index in [1.807, 2.05) is 13.0 Å². The van der Waals surface area contributed by atoms with Crippen LogP contribution < -0.4 is 0 Å². The molecule has 0 fully saturated rings. The maximum atomic E-state index is 9.93. The molecule has 0 radical (unpaired) electrons. The highest BCUT2D eigenvalue weighted by Crippen LogP contribution is 1.59. The Kier molecular flexibility index (Phi) is 758. The first-order chi connectivity index (χ1) is 6.33. The quantitative estimate of drug-likeness (QED) is 0.219. The number of thiol groups is 1. The molecule has 0 aromatic heterocycles. The molecule has 0 bridgehead atoms. The number of rotatable bonds is 0. The van der Waals surface area contributed by atoms with Gasteiger partial charge in [0.05, 0.1) is 7.18 Å². The fourth-order valence-electron chi connectivity index (χ4n) is 0. The van der Waals surface area contributed by atoms with Crippen molar-refractivity contribution in [2.75, 3.05) is 7.18 Å². The van der Waals surface area contributed by atoms with Crippen molar-refractivity contribution >= 4 is 13.0 Å². The zero-order valence-corrected chi connectivity index (χ0v) is 6.97. The molecule has 0 atom stereocenters. The number of nitriles is 1. The first-order valence-electron chi connectivity index (χ1n) is 1.70. The fraction of sp³-hybridized carbons (Fsp3) is 0.500. The van der Waals surface area contributed by atoms with Gasteiger partial charge in [0.25, 0.3) is 6.32 Å². The average molecular weight is 228 g/mol. The van der Waals surface area contributed by atoms with Crippen molar-refractivity contribution < 1.29 is 27.0 Å². The molecule has 1 N–H and O–H groups in total.